The van der Waals surface area contributed by atoms with Crippen molar-refractivity contribution in [3.05, 3.63) is 24.3 Å². The summed E-state index contributed by atoms with van der Waals surface area (Å²) in [6.07, 6.45) is 5.28. The molecule has 0 saturated carbocycles. The molecule has 0 radical (unpaired) electrons. The minimum Gasteiger partial charge on any atom is -0.372 e. The summed E-state index contributed by atoms with van der Waals surface area (Å²) in [6, 6.07) is 8.71. The molecule has 3 heterocycles. The number of piperidine rings is 1. The number of urea groups is 1. The van der Waals surface area contributed by atoms with Crippen LogP contribution >= 0.6 is 0 Å². The number of hydrogen-bond donors (Lipinski definition) is 1. The largest absolute Gasteiger partial charge is 0.372 e. The second-order valence-corrected chi connectivity index (χ2v) is 8.59. The van der Waals surface area contributed by atoms with Gasteiger partial charge in [-0.25, -0.2) is 4.79 Å². The fraction of sp³-hybridized carbons (Fsp3) is 0.682. The number of nitrogens with zero attached hydrogens (tertiary/aromatic N) is 3. The van der Waals surface area contributed by atoms with Crippen molar-refractivity contribution in [3.8, 4) is 0 Å². The van der Waals surface area contributed by atoms with Crippen LogP contribution in [-0.4, -0.2) is 73.3 Å². The van der Waals surface area contributed by atoms with Crippen molar-refractivity contribution in [1.29, 1.82) is 0 Å². The summed E-state index contributed by atoms with van der Waals surface area (Å²) in [5.74, 6) is 0. The van der Waals surface area contributed by atoms with Crippen LogP contribution in [0, 0.1) is 0 Å². The van der Waals surface area contributed by atoms with Crippen LogP contribution in [0.2, 0.25) is 0 Å². The molecule has 0 aliphatic carbocycles. The monoisotopic (exact) mass is 386 g/mol. The van der Waals surface area contributed by atoms with E-state index in [0.717, 1.165) is 44.0 Å². The van der Waals surface area contributed by atoms with Crippen LogP contribution in [0.15, 0.2) is 24.3 Å². The van der Waals surface area contributed by atoms with Gasteiger partial charge in [0.1, 0.15) is 0 Å². The average Bonchev–Trinajstić information content (AvgIpc) is 3.22. The van der Waals surface area contributed by atoms with Gasteiger partial charge in [-0.15, -0.1) is 0 Å². The van der Waals surface area contributed by atoms with E-state index in [1.807, 2.05) is 23.1 Å². The van der Waals surface area contributed by atoms with Crippen molar-refractivity contribution in [2.75, 3.05) is 49.5 Å². The van der Waals surface area contributed by atoms with Gasteiger partial charge in [0.2, 0.25) is 0 Å². The molecule has 3 aliphatic rings. The van der Waals surface area contributed by atoms with Crippen LogP contribution in [0.5, 0.6) is 0 Å². The maximum Gasteiger partial charge on any atom is 0.321 e. The first-order valence-electron chi connectivity index (χ1n) is 10.9. The van der Waals surface area contributed by atoms with E-state index in [1.165, 1.54) is 32.4 Å². The Morgan fingerprint density at radius 2 is 1.71 bits per heavy atom. The molecule has 3 saturated heterocycles. The van der Waals surface area contributed by atoms with Gasteiger partial charge in [-0.05, 0) is 64.8 Å². The quantitative estimate of drug-likeness (QED) is 0.865. The highest BCUT2D eigenvalue weighted by molar-refractivity contribution is 5.93. The number of carbonyl (C=O) groups excluding carboxylic acids is 1. The maximum atomic E-state index is 13.0. The molecule has 0 aromatic heterocycles. The van der Waals surface area contributed by atoms with Gasteiger partial charge in [0.15, 0.2) is 0 Å². The molecule has 154 valence electrons. The lowest BCUT2D eigenvalue weighted by atomic mass is 10.0. The molecule has 3 aliphatic heterocycles. The van der Waals surface area contributed by atoms with Gasteiger partial charge >= 0.3 is 6.03 Å². The van der Waals surface area contributed by atoms with Crippen molar-refractivity contribution in [1.82, 2.24) is 9.80 Å². The lowest BCUT2D eigenvalue weighted by Gasteiger charge is -2.39. The van der Waals surface area contributed by atoms with Gasteiger partial charge in [-0.1, -0.05) is 12.1 Å². The van der Waals surface area contributed by atoms with Crippen molar-refractivity contribution in [2.24, 2.45) is 0 Å². The molecular formula is C22H34N4O2. The molecule has 0 unspecified atom stereocenters. The number of rotatable bonds is 3. The van der Waals surface area contributed by atoms with E-state index in [-0.39, 0.29) is 18.2 Å². The molecule has 2 amide bonds. The second kappa shape index (κ2) is 8.70. The molecule has 3 atom stereocenters. The number of ether oxygens (including phenoxy) is 1. The minimum absolute atomic E-state index is 0.0331. The molecule has 6 heteroatoms. The lowest BCUT2D eigenvalue weighted by Crippen LogP contribution is -2.50. The molecule has 4 rings (SSSR count). The molecular weight excluding hydrogens is 352 g/mol. The Balaban J connectivity index is 1.43. The van der Waals surface area contributed by atoms with Crippen molar-refractivity contribution in [2.45, 2.75) is 57.8 Å². The number of carbonyl (C=O) groups is 1. The van der Waals surface area contributed by atoms with Gasteiger partial charge in [-0.2, -0.15) is 0 Å². The third-order valence-corrected chi connectivity index (χ3v) is 6.25. The zero-order valence-corrected chi connectivity index (χ0v) is 17.3. The number of likely N-dealkylation sites (tertiary alicyclic amines) is 2. The van der Waals surface area contributed by atoms with E-state index in [1.54, 1.807) is 0 Å². The summed E-state index contributed by atoms with van der Waals surface area (Å²) in [7, 11) is 0. The standard InChI is InChI=1S/C22H34N4O2/c1-17-14-26(15-18(2)28-17)21-10-4-3-9-20(21)23-22(27)25-13-7-8-19(16-25)24-11-5-6-12-24/h3-4,9-10,17-19H,5-8,11-16H2,1-2H3,(H,23,27)/t17-,18+,19-/m1/s1. The first-order chi connectivity index (χ1) is 13.6. The number of hydrogen-bond acceptors (Lipinski definition) is 4. The Kier molecular flexibility index (Phi) is 6.07. The Labute approximate surface area is 168 Å². The molecule has 3 fully saturated rings. The predicted molar refractivity (Wildman–Crippen MR) is 113 cm³/mol. The van der Waals surface area contributed by atoms with Crippen molar-refractivity contribution < 1.29 is 9.53 Å². The Bertz CT molecular complexity index is 666. The predicted octanol–water partition coefficient (Wildman–Crippen LogP) is 3.39. The van der Waals surface area contributed by atoms with E-state index < -0.39 is 0 Å². The van der Waals surface area contributed by atoms with Crippen molar-refractivity contribution in [3.63, 3.8) is 0 Å². The normalized spacial score (nSPS) is 29.1. The van der Waals surface area contributed by atoms with Crippen molar-refractivity contribution >= 4 is 17.4 Å². The summed E-state index contributed by atoms with van der Waals surface area (Å²) in [6.45, 7) is 9.98. The van der Waals surface area contributed by atoms with E-state index in [9.17, 15) is 4.79 Å². The number of amides is 2. The van der Waals surface area contributed by atoms with E-state index in [2.05, 4.69) is 35.0 Å². The van der Waals surface area contributed by atoms with E-state index >= 15 is 0 Å². The van der Waals surface area contributed by atoms with Crippen LogP contribution in [0.3, 0.4) is 0 Å². The summed E-state index contributed by atoms with van der Waals surface area (Å²) in [5.41, 5.74) is 1.99. The number of anilines is 2. The number of benzene rings is 1. The Morgan fingerprint density at radius 3 is 2.46 bits per heavy atom. The number of nitrogens with one attached hydrogen (secondary N) is 1. The lowest BCUT2D eigenvalue weighted by molar-refractivity contribution is -0.00517. The Morgan fingerprint density at radius 1 is 1.00 bits per heavy atom. The highest BCUT2D eigenvalue weighted by atomic mass is 16.5. The second-order valence-electron chi connectivity index (χ2n) is 8.59. The summed E-state index contributed by atoms with van der Waals surface area (Å²) in [4.78, 5) is 20.0. The molecule has 28 heavy (non-hydrogen) atoms. The fourth-order valence-electron chi connectivity index (χ4n) is 4.97. The van der Waals surface area contributed by atoms with Crippen LogP contribution in [0.25, 0.3) is 0 Å². The third kappa shape index (κ3) is 4.44. The van der Waals surface area contributed by atoms with Crippen LogP contribution in [0.4, 0.5) is 16.2 Å². The molecule has 0 spiro atoms. The minimum atomic E-state index is 0.0331. The molecule has 6 nitrogen and oxygen atoms in total. The SMILES string of the molecule is C[C@@H]1CN(c2ccccc2NC(=O)N2CCC[C@@H](N3CCCC3)C2)C[C@H](C)O1. The first-order valence-corrected chi connectivity index (χ1v) is 10.9. The van der Waals surface area contributed by atoms with Crippen LogP contribution < -0.4 is 10.2 Å². The van der Waals surface area contributed by atoms with E-state index in [4.69, 9.17) is 4.74 Å². The van der Waals surface area contributed by atoms with Crippen LogP contribution in [-0.2, 0) is 4.74 Å². The summed E-state index contributed by atoms with van der Waals surface area (Å²) in [5, 5.41) is 3.20. The topological polar surface area (TPSA) is 48.1 Å². The van der Waals surface area contributed by atoms with E-state index in [0.29, 0.717) is 6.04 Å². The molecule has 1 aromatic carbocycles. The highest BCUT2D eigenvalue weighted by Crippen LogP contribution is 2.29. The third-order valence-electron chi connectivity index (χ3n) is 6.25. The molecule has 1 N–H and O–H groups in total. The van der Waals surface area contributed by atoms with Gasteiger partial charge in [-0.3, -0.25) is 4.90 Å². The zero-order chi connectivity index (χ0) is 19.5. The smallest absolute Gasteiger partial charge is 0.321 e. The summed E-state index contributed by atoms with van der Waals surface area (Å²) < 4.78 is 5.87. The molecule has 0 bridgehead atoms. The number of morpholine rings is 1. The van der Waals surface area contributed by atoms with Gasteiger partial charge < -0.3 is 19.9 Å². The van der Waals surface area contributed by atoms with Gasteiger partial charge in [0, 0.05) is 32.2 Å². The Hall–Kier alpha value is -1.79. The highest BCUT2D eigenvalue weighted by Gasteiger charge is 2.30. The maximum absolute atomic E-state index is 13.0. The fourth-order valence-corrected chi connectivity index (χ4v) is 4.97. The first kappa shape index (κ1) is 19.5. The van der Waals surface area contributed by atoms with Gasteiger partial charge in [0.25, 0.3) is 0 Å². The van der Waals surface area contributed by atoms with Crippen LogP contribution in [0.1, 0.15) is 39.5 Å². The zero-order valence-electron chi connectivity index (χ0n) is 17.3. The average molecular weight is 387 g/mol. The summed E-state index contributed by atoms with van der Waals surface area (Å²) >= 11 is 0. The van der Waals surface area contributed by atoms with Gasteiger partial charge in [0.05, 0.1) is 23.6 Å². The molecule has 1 aromatic rings. The number of para-hydroxylation sites is 2.